The molecule has 2 aromatic carbocycles. The van der Waals surface area contributed by atoms with Crippen LogP contribution in [0.4, 0.5) is 4.39 Å². The first-order valence-electron chi connectivity index (χ1n) is 10.2. The van der Waals surface area contributed by atoms with Gasteiger partial charge in [0, 0.05) is 5.56 Å². The summed E-state index contributed by atoms with van der Waals surface area (Å²) in [6.45, 7) is 6.02. The van der Waals surface area contributed by atoms with Crippen molar-refractivity contribution in [1.82, 2.24) is 0 Å². The van der Waals surface area contributed by atoms with Crippen molar-refractivity contribution in [2.75, 3.05) is 0 Å². The SMILES string of the molecule is C=CCCc1ccc(-c2ccc(C3CCC(CCC)CC3)cc2)c(F)c1. The van der Waals surface area contributed by atoms with E-state index < -0.39 is 0 Å². The normalized spacial score (nSPS) is 20.1. The number of hydrogen-bond donors (Lipinski definition) is 0. The van der Waals surface area contributed by atoms with Crippen molar-refractivity contribution in [3.8, 4) is 11.1 Å². The number of hydrogen-bond acceptors (Lipinski definition) is 0. The van der Waals surface area contributed by atoms with E-state index in [0.717, 1.165) is 29.9 Å². The van der Waals surface area contributed by atoms with Crippen molar-refractivity contribution in [2.24, 2.45) is 5.92 Å². The molecule has 0 atom stereocenters. The van der Waals surface area contributed by atoms with Gasteiger partial charge in [-0.15, -0.1) is 6.58 Å². The molecule has 3 rings (SSSR count). The molecule has 0 nitrogen and oxygen atoms in total. The fourth-order valence-corrected chi connectivity index (χ4v) is 4.34. The number of allylic oxidation sites excluding steroid dienone is 1. The van der Waals surface area contributed by atoms with E-state index in [1.54, 1.807) is 6.07 Å². The monoisotopic (exact) mass is 350 g/mol. The average Bonchev–Trinajstić information content (AvgIpc) is 2.68. The summed E-state index contributed by atoms with van der Waals surface area (Å²) >= 11 is 0. The number of aryl methyl sites for hydroxylation is 1. The zero-order valence-corrected chi connectivity index (χ0v) is 16.0. The van der Waals surface area contributed by atoms with Gasteiger partial charge in [-0.3, -0.25) is 0 Å². The highest BCUT2D eigenvalue weighted by Crippen LogP contribution is 2.38. The molecule has 0 radical (unpaired) electrons. The van der Waals surface area contributed by atoms with E-state index in [4.69, 9.17) is 0 Å². The molecule has 1 fully saturated rings. The Balaban J connectivity index is 1.67. The third-order valence-corrected chi connectivity index (χ3v) is 5.91. The fourth-order valence-electron chi connectivity index (χ4n) is 4.34. The van der Waals surface area contributed by atoms with Crippen molar-refractivity contribution in [1.29, 1.82) is 0 Å². The topological polar surface area (TPSA) is 0 Å². The van der Waals surface area contributed by atoms with E-state index in [2.05, 4.69) is 37.8 Å². The van der Waals surface area contributed by atoms with Crippen molar-refractivity contribution >= 4 is 0 Å². The smallest absolute Gasteiger partial charge is 0.131 e. The summed E-state index contributed by atoms with van der Waals surface area (Å²) in [6.07, 6.45) is 11.6. The second kappa shape index (κ2) is 9.16. The maximum atomic E-state index is 14.5. The van der Waals surface area contributed by atoms with Gasteiger partial charge in [0.2, 0.25) is 0 Å². The van der Waals surface area contributed by atoms with Crippen LogP contribution in [0.15, 0.2) is 55.1 Å². The summed E-state index contributed by atoms with van der Waals surface area (Å²) in [5, 5.41) is 0. The average molecular weight is 351 g/mol. The second-order valence-electron chi connectivity index (χ2n) is 7.77. The Morgan fingerprint density at radius 3 is 2.38 bits per heavy atom. The summed E-state index contributed by atoms with van der Waals surface area (Å²) in [5.41, 5.74) is 4.13. The van der Waals surface area contributed by atoms with Gasteiger partial charge in [-0.2, -0.15) is 0 Å². The molecule has 0 saturated heterocycles. The van der Waals surface area contributed by atoms with Crippen LogP contribution in [0.5, 0.6) is 0 Å². The molecule has 0 bridgehead atoms. The van der Waals surface area contributed by atoms with Crippen LogP contribution in [0.3, 0.4) is 0 Å². The first-order valence-corrected chi connectivity index (χ1v) is 10.2. The first kappa shape index (κ1) is 18.9. The Morgan fingerprint density at radius 2 is 1.77 bits per heavy atom. The zero-order valence-electron chi connectivity index (χ0n) is 16.0. The van der Waals surface area contributed by atoms with Crippen LogP contribution in [0.1, 0.15) is 68.9 Å². The van der Waals surface area contributed by atoms with Crippen LogP contribution in [0, 0.1) is 11.7 Å². The molecule has 1 aliphatic rings. The van der Waals surface area contributed by atoms with Crippen LogP contribution in [-0.2, 0) is 6.42 Å². The van der Waals surface area contributed by atoms with Crippen LogP contribution in [-0.4, -0.2) is 0 Å². The minimum atomic E-state index is -0.126. The minimum absolute atomic E-state index is 0.126. The summed E-state index contributed by atoms with van der Waals surface area (Å²) in [4.78, 5) is 0. The molecular weight excluding hydrogens is 319 g/mol. The molecular formula is C25H31F. The highest BCUT2D eigenvalue weighted by atomic mass is 19.1. The van der Waals surface area contributed by atoms with Gasteiger partial charge in [0.15, 0.2) is 0 Å². The Hall–Kier alpha value is -1.89. The lowest BCUT2D eigenvalue weighted by molar-refractivity contribution is 0.308. The first-order chi connectivity index (χ1) is 12.7. The maximum absolute atomic E-state index is 14.5. The number of benzene rings is 2. The molecule has 0 amide bonds. The van der Waals surface area contributed by atoms with Gasteiger partial charge in [0.1, 0.15) is 5.82 Å². The van der Waals surface area contributed by atoms with E-state index in [0.29, 0.717) is 11.5 Å². The molecule has 0 N–H and O–H groups in total. The van der Waals surface area contributed by atoms with E-state index in [-0.39, 0.29) is 5.82 Å². The van der Waals surface area contributed by atoms with Gasteiger partial charge in [-0.1, -0.05) is 62.2 Å². The Bertz CT molecular complexity index is 705. The van der Waals surface area contributed by atoms with E-state index in [1.165, 1.54) is 44.1 Å². The fraction of sp³-hybridized carbons (Fsp3) is 0.440. The predicted octanol–water partition coefficient (Wildman–Crippen LogP) is 7.69. The Morgan fingerprint density at radius 1 is 1.04 bits per heavy atom. The standard InChI is InChI=1S/C25H31F/c1-3-5-7-20-10-17-24(25(26)18-20)23-15-13-22(14-16-23)21-11-8-19(6-4-2)9-12-21/h3,10,13-19,21H,1,4-9,11-12H2,2H3. The molecule has 26 heavy (non-hydrogen) atoms. The molecule has 0 spiro atoms. The molecule has 0 aromatic heterocycles. The zero-order chi connectivity index (χ0) is 18.4. The van der Waals surface area contributed by atoms with Crippen molar-refractivity contribution in [3.63, 3.8) is 0 Å². The lowest BCUT2D eigenvalue weighted by atomic mass is 9.77. The Kier molecular flexibility index (Phi) is 6.66. The van der Waals surface area contributed by atoms with Crippen molar-refractivity contribution in [3.05, 3.63) is 72.1 Å². The third-order valence-electron chi connectivity index (χ3n) is 5.91. The lowest BCUT2D eigenvalue weighted by Crippen LogP contribution is -2.13. The Labute approximate surface area is 158 Å². The molecule has 138 valence electrons. The van der Waals surface area contributed by atoms with E-state index >= 15 is 0 Å². The van der Waals surface area contributed by atoms with Crippen LogP contribution < -0.4 is 0 Å². The number of rotatable bonds is 7. The lowest BCUT2D eigenvalue weighted by Gasteiger charge is -2.28. The summed E-state index contributed by atoms with van der Waals surface area (Å²) in [5.74, 6) is 1.49. The molecule has 1 heteroatoms. The molecule has 1 saturated carbocycles. The minimum Gasteiger partial charge on any atom is -0.206 e. The van der Waals surface area contributed by atoms with Gasteiger partial charge in [-0.05, 0) is 73.1 Å². The van der Waals surface area contributed by atoms with E-state index in [9.17, 15) is 4.39 Å². The largest absolute Gasteiger partial charge is 0.206 e. The van der Waals surface area contributed by atoms with Gasteiger partial charge in [0.05, 0.1) is 0 Å². The van der Waals surface area contributed by atoms with Crippen LogP contribution >= 0.6 is 0 Å². The summed E-state index contributed by atoms with van der Waals surface area (Å²) in [6, 6.07) is 14.2. The predicted molar refractivity (Wildman–Crippen MR) is 110 cm³/mol. The quantitative estimate of drug-likeness (QED) is 0.449. The van der Waals surface area contributed by atoms with Crippen LogP contribution in [0.25, 0.3) is 11.1 Å². The van der Waals surface area contributed by atoms with Gasteiger partial charge in [-0.25, -0.2) is 4.39 Å². The highest BCUT2D eigenvalue weighted by molar-refractivity contribution is 5.65. The van der Waals surface area contributed by atoms with Gasteiger partial charge in [0.25, 0.3) is 0 Å². The molecule has 1 aliphatic carbocycles. The third kappa shape index (κ3) is 4.63. The van der Waals surface area contributed by atoms with Crippen molar-refractivity contribution in [2.45, 2.75) is 64.2 Å². The highest BCUT2D eigenvalue weighted by Gasteiger charge is 2.21. The molecule has 2 aromatic rings. The van der Waals surface area contributed by atoms with E-state index in [1.807, 2.05) is 18.2 Å². The van der Waals surface area contributed by atoms with Crippen LogP contribution in [0.2, 0.25) is 0 Å². The van der Waals surface area contributed by atoms with Crippen molar-refractivity contribution < 1.29 is 4.39 Å². The molecule has 0 aliphatic heterocycles. The molecule has 0 unspecified atom stereocenters. The number of halogens is 1. The second-order valence-corrected chi connectivity index (χ2v) is 7.77. The maximum Gasteiger partial charge on any atom is 0.131 e. The summed E-state index contributed by atoms with van der Waals surface area (Å²) in [7, 11) is 0. The van der Waals surface area contributed by atoms with Gasteiger partial charge >= 0.3 is 0 Å². The summed E-state index contributed by atoms with van der Waals surface area (Å²) < 4.78 is 14.5. The van der Waals surface area contributed by atoms with Gasteiger partial charge < -0.3 is 0 Å². The molecule has 0 heterocycles.